The highest BCUT2D eigenvalue weighted by Gasteiger charge is 2.18. The summed E-state index contributed by atoms with van der Waals surface area (Å²) in [6.45, 7) is 1.97. The van der Waals surface area contributed by atoms with Gasteiger partial charge in [0.05, 0.1) is 5.69 Å². The summed E-state index contributed by atoms with van der Waals surface area (Å²) >= 11 is 0. The van der Waals surface area contributed by atoms with E-state index in [1.165, 1.54) is 19.3 Å². The summed E-state index contributed by atoms with van der Waals surface area (Å²) in [6.07, 6.45) is 5.95. The summed E-state index contributed by atoms with van der Waals surface area (Å²) in [6, 6.07) is 7.38. The van der Waals surface area contributed by atoms with E-state index in [1.54, 1.807) is 6.07 Å². The number of benzene rings is 1. The first kappa shape index (κ1) is 13.9. The van der Waals surface area contributed by atoms with Crippen molar-refractivity contribution in [2.24, 2.45) is 0 Å². The van der Waals surface area contributed by atoms with E-state index in [0.717, 1.165) is 35.5 Å². The van der Waals surface area contributed by atoms with Gasteiger partial charge >= 0.3 is 0 Å². The maximum Gasteiger partial charge on any atom is 0.251 e. The molecule has 0 saturated heterocycles. The average molecular weight is 283 g/mol. The smallest absolute Gasteiger partial charge is 0.251 e. The molecule has 0 radical (unpaired) electrons. The van der Waals surface area contributed by atoms with Crippen LogP contribution < -0.4 is 11.3 Å². The first-order valence-corrected chi connectivity index (χ1v) is 7.61. The van der Waals surface area contributed by atoms with E-state index >= 15 is 0 Å². The quantitative estimate of drug-likeness (QED) is 0.830. The summed E-state index contributed by atoms with van der Waals surface area (Å²) in [5.41, 5.74) is 9.27. The van der Waals surface area contributed by atoms with Crippen molar-refractivity contribution in [1.82, 2.24) is 9.97 Å². The molecule has 1 heterocycles. The molecule has 2 aromatic rings. The maximum atomic E-state index is 12.0. The topological polar surface area (TPSA) is 71.8 Å². The van der Waals surface area contributed by atoms with Crippen LogP contribution in [0.3, 0.4) is 0 Å². The minimum Gasteiger partial charge on any atom is -0.398 e. The molecule has 3 rings (SSSR count). The van der Waals surface area contributed by atoms with Crippen molar-refractivity contribution < 1.29 is 0 Å². The molecular weight excluding hydrogens is 262 g/mol. The molecule has 0 bridgehead atoms. The highest BCUT2D eigenvalue weighted by atomic mass is 16.1. The van der Waals surface area contributed by atoms with Crippen molar-refractivity contribution in [1.29, 1.82) is 0 Å². The third-order valence-electron chi connectivity index (χ3n) is 4.33. The third kappa shape index (κ3) is 2.99. The number of H-pyrrole nitrogens is 1. The summed E-state index contributed by atoms with van der Waals surface area (Å²) < 4.78 is 0. The molecular formula is C17H21N3O. The van der Waals surface area contributed by atoms with Crippen molar-refractivity contribution in [2.75, 3.05) is 5.73 Å². The van der Waals surface area contributed by atoms with Gasteiger partial charge in [-0.05, 0) is 31.4 Å². The number of hydrogen-bond acceptors (Lipinski definition) is 3. The standard InChI is InChI=1S/C17H21N3O/c1-11-7-8-13(9-14(11)18)15-10-16(21)20-17(19-15)12-5-3-2-4-6-12/h7-10,12H,2-6,18H2,1H3,(H,19,20,21). The van der Waals surface area contributed by atoms with Gasteiger partial charge in [-0.3, -0.25) is 4.79 Å². The van der Waals surface area contributed by atoms with Crippen LogP contribution in [0.15, 0.2) is 29.1 Å². The number of nitrogen functional groups attached to an aromatic ring is 1. The number of hydrogen-bond donors (Lipinski definition) is 2. The maximum absolute atomic E-state index is 12.0. The fourth-order valence-corrected chi connectivity index (χ4v) is 2.99. The van der Waals surface area contributed by atoms with Crippen LogP contribution in [-0.2, 0) is 0 Å². The Morgan fingerprint density at radius 2 is 1.95 bits per heavy atom. The Morgan fingerprint density at radius 3 is 2.67 bits per heavy atom. The zero-order valence-corrected chi connectivity index (χ0v) is 12.4. The van der Waals surface area contributed by atoms with Crippen molar-refractivity contribution in [3.63, 3.8) is 0 Å². The average Bonchev–Trinajstić information content (AvgIpc) is 2.50. The highest BCUT2D eigenvalue weighted by Crippen LogP contribution is 2.31. The van der Waals surface area contributed by atoms with Gasteiger partial charge in [-0.25, -0.2) is 4.98 Å². The summed E-state index contributed by atoms with van der Waals surface area (Å²) in [5, 5.41) is 0. The highest BCUT2D eigenvalue weighted by molar-refractivity contribution is 5.65. The molecule has 1 saturated carbocycles. The van der Waals surface area contributed by atoms with Crippen LogP contribution in [0, 0.1) is 6.92 Å². The molecule has 0 spiro atoms. The lowest BCUT2D eigenvalue weighted by molar-refractivity contribution is 0.428. The van der Waals surface area contributed by atoms with Crippen molar-refractivity contribution in [3.8, 4) is 11.3 Å². The molecule has 1 aliphatic rings. The van der Waals surface area contributed by atoms with Crippen LogP contribution in [0.2, 0.25) is 0 Å². The number of nitrogens with one attached hydrogen (secondary N) is 1. The van der Waals surface area contributed by atoms with Crippen LogP contribution >= 0.6 is 0 Å². The summed E-state index contributed by atoms with van der Waals surface area (Å²) in [5.74, 6) is 1.21. The summed E-state index contributed by atoms with van der Waals surface area (Å²) in [7, 11) is 0. The van der Waals surface area contributed by atoms with E-state index in [-0.39, 0.29) is 5.56 Å². The Bertz CT molecular complexity index is 699. The molecule has 1 aromatic heterocycles. The minimum atomic E-state index is -0.0836. The van der Waals surface area contributed by atoms with E-state index in [4.69, 9.17) is 5.73 Å². The molecule has 0 amide bonds. The monoisotopic (exact) mass is 283 g/mol. The zero-order valence-electron chi connectivity index (χ0n) is 12.4. The van der Waals surface area contributed by atoms with Gasteiger partial charge in [-0.15, -0.1) is 0 Å². The number of rotatable bonds is 2. The minimum absolute atomic E-state index is 0.0836. The van der Waals surface area contributed by atoms with Crippen molar-refractivity contribution >= 4 is 5.69 Å². The van der Waals surface area contributed by atoms with Gasteiger partial charge in [0.15, 0.2) is 0 Å². The fourth-order valence-electron chi connectivity index (χ4n) is 2.99. The Hall–Kier alpha value is -2.10. The van der Waals surface area contributed by atoms with Gasteiger partial charge in [-0.1, -0.05) is 31.4 Å². The van der Waals surface area contributed by atoms with Gasteiger partial charge in [0.2, 0.25) is 0 Å². The van der Waals surface area contributed by atoms with Crippen LogP contribution in [0.25, 0.3) is 11.3 Å². The predicted molar refractivity (Wildman–Crippen MR) is 85.3 cm³/mol. The molecule has 4 nitrogen and oxygen atoms in total. The van der Waals surface area contributed by atoms with E-state index in [2.05, 4.69) is 9.97 Å². The zero-order chi connectivity index (χ0) is 14.8. The molecule has 21 heavy (non-hydrogen) atoms. The molecule has 4 heteroatoms. The van der Waals surface area contributed by atoms with Crippen LogP contribution in [0.1, 0.15) is 49.4 Å². The third-order valence-corrected chi connectivity index (χ3v) is 4.33. The normalized spacial score (nSPS) is 16.0. The van der Waals surface area contributed by atoms with Crippen LogP contribution in [-0.4, -0.2) is 9.97 Å². The second-order valence-corrected chi connectivity index (χ2v) is 5.92. The number of anilines is 1. The van der Waals surface area contributed by atoms with E-state index in [9.17, 15) is 4.79 Å². The first-order chi connectivity index (χ1) is 10.1. The second kappa shape index (κ2) is 5.72. The molecule has 1 fully saturated rings. The van der Waals surface area contributed by atoms with Crippen molar-refractivity contribution in [3.05, 3.63) is 46.0 Å². The van der Waals surface area contributed by atoms with Gasteiger partial charge in [0.1, 0.15) is 5.82 Å². The Kier molecular flexibility index (Phi) is 3.78. The van der Waals surface area contributed by atoms with Gasteiger partial charge in [0.25, 0.3) is 5.56 Å². The lowest BCUT2D eigenvalue weighted by Crippen LogP contribution is -2.16. The number of aryl methyl sites for hydroxylation is 1. The van der Waals surface area contributed by atoms with Gasteiger partial charge in [-0.2, -0.15) is 0 Å². The van der Waals surface area contributed by atoms with E-state index < -0.39 is 0 Å². The molecule has 0 atom stereocenters. The van der Waals surface area contributed by atoms with E-state index in [0.29, 0.717) is 11.6 Å². The molecule has 1 aliphatic carbocycles. The first-order valence-electron chi connectivity index (χ1n) is 7.61. The Labute approximate surface area is 124 Å². The lowest BCUT2D eigenvalue weighted by Gasteiger charge is -2.20. The van der Waals surface area contributed by atoms with Gasteiger partial charge in [0, 0.05) is 23.2 Å². The molecule has 110 valence electrons. The fraction of sp³-hybridized carbons (Fsp3) is 0.412. The van der Waals surface area contributed by atoms with Gasteiger partial charge < -0.3 is 10.7 Å². The van der Waals surface area contributed by atoms with Crippen LogP contribution in [0.5, 0.6) is 0 Å². The molecule has 0 unspecified atom stereocenters. The predicted octanol–water partition coefficient (Wildman–Crippen LogP) is 3.38. The molecule has 0 aliphatic heterocycles. The van der Waals surface area contributed by atoms with E-state index in [1.807, 2.05) is 25.1 Å². The SMILES string of the molecule is Cc1ccc(-c2cc(=O)[nH]c(C3CCCCC3)n2)cc1N. The number of aromatic nitrogens is 2. The number of nitrogens with two attached hydrogens (primary N) is 1. The molecule has 3 N–H and O–H groups in total. The van der Waals surface area contributed by atoms with Crippen LogP contribution in [0.4, 0.5) is 5.69 Å². The lowest BCUT2D eigenvalue weighted by atomic mass is 9.88. The van der Waals surface area contributed by atoms with Crippen molar-refractivity contribution in [2.45, 2.75) is 44.9 Å². The number of nitrogens with zero attached hydrogens (tertiary/aromatic N) is 1. The largest absolute Gasteiger partial charge is 0.398 e. The summed E-state index contributed by atoms with van der Waals surface area (Å²) in [4.78, 5) is 19.6. The Balaban J connectivity index is 2.00. The Morgan fingerprint density at radius 1 is 1.19 bits per heavy atom. The molecule has 1 aromatic carbocycles. The number of aromatic amines is 1. The second-order valence-electron chi connectivity index (χ2n) is 5.92.